The molecule has 522 valence electrons. The van der Waals surface area contributed by atoms with Crippen LogP contribution >= 0.6 is 15.2 Å². The number of nitrogens with zero attached hydrogens (tertiary/aromatic N) is 4. The molecular formula is C62H90N6O24P2. The zero-order valence-corrected chi connectivity index (χ0v) is 56.8. The van der Waals surface area contributed by atoms with Crippen LogP contribution in [0.15, 0.2) is 46.1 Å². The second-order valence-corrected chi connectivity index (χ2v) is 28.9. The highest BCUT2D eigenvalue weighted by Gasteiger charge is 2.51. The number of nitrogens with one attached hydrogen (secondary N) is 2. The molecule has 9 N–H and O–H groups in total. The molecule has 0 aromatic heterocycles. The van der Waals surface area contributed by atoms with Crippen molar-refractivity contribution >= 4 is 73.3 Å². The molecule has 1 fully saturated rings. The molecule has 5 bridgehead atoms. The van der Waals surface area contributed by atoms with E-state index in [2.05, 4.69) is 39.1 Å². The Morgan fingerprint density at radius 2 is 1.52 bits per heavy atom. The van der Waals surface area contributed by atoms with Crippen molar-refractivity contribution in [3.05, 3.63) is 58.0 Å². The fourth-order valence-corrected chi connectivity index (χ4v) is 14.7. The first kappa shape index (κ1) is 76.2. The standard InChI is InChI=1S/C62H90N6O24P2/c1-13-42(70)87-32-88-60(78)63-29-43(71)86-28-26-67(23-15-14-19-45(93(79,80)81)94(82,83)84)31-44(72)91-55-34(4)17-16-18-35(5)59(77)64-51-50-49(65-62(66-50)21-24-68(25-22-62)30-33(2)3)46-47(54(51)75)53(74)39(9)57-48(46)58(76)61(11,92-57)89-27-20-41(85-12)36(6)56(90-40(10)69)38(8)52(73)37(55)7/h16-18,20,27,33-34,36-38,41,45,52,55-56,65,73-75H,13-15,19,21-26,28-32H2,1-12H3,(H,63,78)(H2,79,80,81)(H2,82,83,84)/b17-16+,27-20+,35-18-,64-51?/t34-,36+,37-,38+,41-,52+,55-,56+,61-/m0/s1. The van der Waals surface area contributed by atoms with E-state index in [4.69, 9.17) is 38.2 Å². The monoisotopic (exact) mass is 1360 g/mol. The van der Waals surface area contributed by atoms with Crippen LogP contribution in [0.1, 0.15) is 124 Å². The summed E-state index contributed by atoms with van der Waals surface area (Å²) < 4.78 is 69.4. The number of aliphatic hydroxyl groups excluding tert-OH is 1. The Kier molecular flexibility index (Phi) is 26.1. The van der Waals surface area contributed by atoms with Crippen LogP contribution in [0.25, 0.3) is 10.8 Å². The quantitative estimate of drug-likeness (QED) is 0.0194. The van der Waals surface area contributed by atoms with Gasteiger partial charge < -0.3 is 88.3 Å². The van der Waals surface area contributed by atoms with Gasteiger partial charge in [0.15, 0.2) is 11.1 Å². The molecule has 5 aliphatic heterocycles. The number of ether oxygens (including phenoxy) is 8. The van der Waals surface area contributed by atoms with Gasteiger partial charge in [-0.3, -0.25) is 47.8 Å². The van der Waals surface area contributed by atoms with Gasteiger partial charge in [0.05, 0.1) is 41.7 Å². The van der Waals surface area contributed by atoms with Gasteiger partial charge in [-0.1, -0.05) is 73.1 Å². The van der Waals surface area contributed by atoms with Gasteiger partial charge in [-0.25, -0.2) is 9.79 Å². The van der Waals surface area contributed by atoms with Crippen LogP contribution in [0.3, 0.4) is 0 Å². The van der Waals surface area contributed by atoms with Crippen LogP contribution in [0.2, 0.25) is 0 Å². The number of likely N-dealkylation sites (tertiary alicyclic amines) is 1. The minimum absolute atomic E-state index is 0.0129. The number of benzene rings is 2. The molecule has 1 spiro atoms. The van der Waals surface area contributed by atoms with E-state index in [1.165, 1.54) is 71.1 Å². The number of unbranched alkanes of at least 4 members (excludes halogenated alkanes) is 1. The Labute approximate surface area is 544 Å². The van der Waals surface area contributed by atoms with Gasteiger partial charge in [0, 0.05) is 107 Å². The summed E-state index contributed by atoms with van der Waals surface area (Å²) >= 11 is 0. The van der Waals surface area contributed by atoms with Crippen LogP contribution in [0.5, 0.6) is 17.2 Å². The molecule has 9 atom stereocenters. The Morgan fingerprint density at radius 3 is 2.14 bits per heavy atom. The largest absolute Gasteiger partial charge is 0.507 e. The topological polar surface area (TPSA) is 424 Å². The number of esters is 4. The molecule has 7 rings (SSSR count). The van der Waals surface area contributed by atoms with Crippen molar-refractivity contribution in [1.29, 1.82) is 0 Å². The van der Waals surface area contributed by atoms with Crippen LogP contribution in [0, 0.1) is 36.5 Å². The smallest absolute Gasteiger partial charge is 0.410 e. The van der Waals surface area contributed by atoms with Gasteiger partial charge in [-0.05, 0) is 45.2 Å². The van der Waals surface area contributed by atoms with Crippen molar-refractivity contribution < 1.29 is 115 Å². The van der Waals surface area contributed by atoms with Crippen molar-refractivity contribution in [2.24, 2.45) is 39.6 Å². The van der Waals surface area contributed by atoms with Crippen molar-refractivity contribution in [2.45, 2.75) is 156 Å². The number of carbonyl (C=O) groups is 7. The molecule has 30 nitrogen and oxygen atoms in total. The summed E-state index contributed by atoms with van der Waals surface area (Å²) in [5.41, 5.74) is -0.692. The number of aliphatic hydroxyl groups is 1. The summed E-state index contributed by atoms with van der Waals surface area (Å²) in [5, 5.41) is 39.9. The number of ketones is 1. The van der Waals surface area contributed by atoms with Gasteiger partial charge in [0.1, 0.15) is 53.2 Å². The molecule has 0 radical (unpaired) electrons. The number of phenols is 2. The minimum atomic E-state index is -5.28. The van der Waals surface area contributed by atoms with Gasteiger partial charge >= 0.3 is 50.9 Å². The third-order valence-electron chi connectivity index (χ3n) is 17.2. The summed E-state index contributed by atoms with van der Waals surface area (Å²) in [6, 6.07) is 0. The lowest BCUT2D eigenvalue weighted by atomic mass is 9.78. The summed E-state index contributed by atoms with van der Waals surface area (Å²) in [5.74, 6) is -11.2. The van der Waals surface area contributed by atoms with E-state index in [9.17, 15) is 72.8 Å². The highest BCUT2D eigenvalue weighted by molar-refractivity contribution is 7.70. The van der Waals surface area contributed by atoms with Crippen LogP contribution in [0.4, 0.5) is 10.5 Å². The van der Waals surface area contributed by atoms with E-state index >= 15 is 4.79 Å². The van der Waals surface area contributed by atoms with Crippen LogP contribution in [-0.4, -0.2) is 194 Å². The van der Waals surface area contributed by atoms with Crippen LogP contribution in [-0.2, 0) is 66.3 Å². The second-order valence-electron chi connectivity index (χ2n) is 24.9. The Morgan fingerprint density at radius 1 is 0.862 bits per heavy atom. The number of allylic oxidation sites excluding steroid dienone is 2. The first-order chi connectivity index (χ1) is 44.0. The zero-order chi connectivity index (χ0) is 69.9. The Balaban J connectivity index is 1.40. The van der Waals surface area contributed by atoms with Gasteiger partial charge in [-0.2, -0.15) is 0 Å². The van der Waals surface area contributed by atoms with Gasteiger partial charge in [0.25, 0.3) is 11.7 Å². The average molecular weight is 1370 g/mol. The number of amides is 2. The average Bonchev–Trinajstić information content (AvgIpc) is 1.50. The molecule has 2 amide bonds. The number of alkyl carbamates (subject to hydrolysis) is 1. The fourth-order valence-electron chi connectivity index (χ4n) is 12.1. The lowest BCUT2D eigenvalue weighted by molar-refractivity contribution is -0.166. The van der Waals surface area contributed by atoms with Gasteiger partial charge in [-0.15, -0.1) is 0 Å². The molecule has 2 aromatic carbocycles. The minimum Gasteiger partial charge on any atom is -0.507 e. The van der Waals surface area contributed by atoms with Crippen molar-refractivity contribution in [1.82, 2.24) is 15.1 Å². The number of anilines is 1. The molecule has 94 heavy (non-hydrogen) atoms. The van der Waals surface area contributed by atoms with Crippen molar-refractivity contribution in [2.75, 3.05) is 71.6 Å². The van der Waals surface area contributed by atoms with Crippen LogP contribution < -0.4 is 26.1 Å². The van der Waals surface area contributed by atoms with E-state index in [-0.39, 0.29) is 82.0 Å². The molecule has 32 heteroatoms. The number of hydrogen-bond donors (Lipinski definition) is 9. The molecule has 1 saturated heterocycles. The maximum atomic E-state index is 15.0. The first-order valence-electron chi connectivity index (χ1n) is 31.1. The molecule has 5 heterocycles. The first-order valence-corrected chi connectivity index (χ1v) is 34.5. The van der Waals surface area contributed by atoms with E-state index in [1.54, 1.807) is 33.8 Å². The molecule has 0 saturated carbocycles. The van der Waals surface area contributed by atoms with E-state index in [0.29, 0.717) is 31.8 Å². The lowest BCUT2D eigenvalue weighted by Gasteiger charge is -2.39. The summed E-state index contributed by atoms with van der Waals surface area (Å²) in [4.78, 5) is 145. The lowest BCUT2D eigenvalue weighted by Crippen LogP contribution is -2.48. The number of methoxy groups -OCH3 is 1. The molecule has 0 aliphatic carbocycles. The summed E-state index contributed by atoms with van der Waals surface area (Å²) in [6.07, 6.45) is 1.43. The SMILES string of the molecule is CCC(=O)OCOC(=O)NCC(=O)OCCN(CCCCC(P(=O)(O)O)P(=O)(O)O)CC(=O)O[C@@H]1[C@@H](C)[C@@H](O)[C@@H](C)[C@H](OC(C)=O)[C@H](C)[C@@H](OC)/C=C/O[C@@]2(C)Oc3c(C)c(O)c4c(O)c(c5c(c4c3C2=O)NC2(CCN(CC(C)C)CC2)N=5)=NC(=O)/C(C)=C\C=C\[C@@H]1C. The number of hydrogen-bond acceptors (Lipinski definition) is 24. The Hall–Kier alpha value is -6.85. The number of Topliss-reactive ketones (excluding diaryl/α,β-unsaturated/α-hetero) is 1. The number of rotatable bonds is 22. The Bertz CT molecular complexity index is 3460. The molecular weight excluding hydrogens is 1270 g/mol. The van der Waals surface area contributed by atoms with Gasteiger partial charge in [0.2, 0.25) is 6.79 Å². The summed E-state index contributed by atoms with van der Waals surface area (Å²) in [6.45, 7) is 17.2. The number of carbonyl (C=O) groups excluding carboxylic acids is 7. The number of fused-ring (bicyclic) bond motifs is 13. The van der Waals surface area contributed by atoms with Crippen molar-refractivity contribution in [3.63, 3.8) is 0 Å². The maximum absolute atomic E-state index is 15.0. The zero-order valence-electron chi connectivity index (χ0n) is 55.0. The predicted molar refractivity (Wildman–Crippen MR) is 336 cm³/mol. The van der Waals surface area contributed by atoms with E-state index in [0.717, 1.165) is 6.54 Å². The third-order valence-corrected chi connectivity index (χ3v) is 21.1. The number of piperidine rings is 1. The van der Waals surface area contributed by atoms with E-state index in [1.807, 2.05) is 0 Å². The molecule has 5 aliphatic rings. The predicted octanol–water partition coefficient (Wildman–Crippen LogP) is 4.63. The summed E-state index contributed by atoms with van der Waals surface area (Å²) in [7, 11) is -9.18. The number of aromatic hydroxyl groups is 2. The highest BCUT2D eigenvalue weighted by Crippen LogP contribution is 2.61. The highest BCUT2D eigenvalue weighted by atomic mass is 31.2. The fraction of sp³-hybridized carbons (Fsp3) is 0.629. The molecule has 2 aromatic rings. The normalized spacial score (nSPS) is 25.5. The van der Waals surface area contributed by atoms with E-state index < -0.39 is 166 Å². The number of phenolic OH excluding ortho intramolecular Hbond substituents is 2. The van der Waals surface area contributed by atoms with Crippen molar-refractivity contribution in [3.8, 4) is 17.2 Å². The maximum Gasteiger partial charge on any atom is 0.410 e. The third kappa shape index (κ3) is 18.8. The molecule has 0 unspecified atom stereocenters. The second kappa shape index (κ2) is 32.3.